The van der Waals surface area contributed by atoms with Crippen molar-refractivity contribution in [2.24, 2.45) is 0 Å². The zero-order valence-corrected chi connectivity index (χ0v) is 13.1. The van der Waals surface area contributed by atoms with E-state index < -0.39 is 6.09 Å². The number of hydrogen-bond acceptors (Lipinski definition) is 4. The minimum atomic E-state index is -0.451. The number of rotatable bonds is 5. The molecule has 5 nitrogen and oxygen atoms in total. The van der Waals surface area contributed by atoms with Gasteiger partial charge in [0.1, 0.15) is 6.61 Å². The van der Waals surface area contributed by atoms with Crippen molar-refractivity contribution in [3.05, 3.63) is 84.2 Å². The van der Waals surface area contributed by atoms with E-state index in [2.05, 4.69) is 15.3 Å². The first-order chi connectivity index (χ1) is 11.8. The maximum absolute atomic E-state index is 11.7. The Morgan fingerprint density at radius 2 is 1.67 bits per heavy atom. The van der Waals surface area contributed by atoms with Crippen LogP contribution in [-0.4, -0.2) is 16.1 Å². The molecule has 0 bridgehead atoms. The van der Waals surface area contributed by atoms with Gasteiger partial charge >= 0.3 is 6.09 Å². The number of aromatic nitrogens is 2. The van der Waals surface area contributed by atoms with E-state index >= 15 is 0 Å². The molecule has 0 spiro atoms. The minimum Gasteiger partial charge on any atom is -0.445 e. The summed E-state index contributed by atoms with van der Waals surface area (Å²) in [6.07, 6.45) is 3.00. The van der Waals surface area contributed by atoms with Gasteiger partial charge < -0.3 is 10.1 Å². The molecule has 1 N–H and O–H groups in total. The number of ether oxygens (including phenoxy) is 1. The van der Waals surface area contributed by atoms with E-state index in [-0.39, 0.29) is 6.61 Å². The van der Waals surface area contributed by atoms with Crippen LogP contribution in [0.25, 0.3) is 11.4 Å². The largest absolute Gasteiger partial charge is 0.445 e. The number of carbonyl (C=O) groups is 1. The molecule has 0 aliphatic rings. The van der Waals surface area contributed by atoms with Crippen LogP contribution in [0.3, 0.4) is 0 Å². The molecular formula is C19H17N3O2. The Bertz CT molecular complexity index is 775. The van der Waals surface area contributed by atoms with Crippen LogP contribution in [0.4, 0.5) is 4.79 Å². The number of amides is 1. The van der Waals surface area contributed by atoms with Crippen LogP contribution in [0, 0.1) is 0 Å². The zero-order valence-electron chi connectivity index (χ0n) is 13.1. The molecule has 2 heterocycles. The lowest BCUT2D eigenvalue weighted by atomic mass is 10.2. The highest BCUT2D eigenvalue weighted by Gasteiger charge is 2.04. The molecule has 0 saturated carbocycles. The zero-order chi connectivity index (χ0) is 16.6. The molecule has 3 aromatic rings. The third kappa shape index (κ3) is 4.39. The summed E-state index contributed by atoms with van der Waals surface area (Å²) in [6, 6.07) is 19.0. The van der Waals surface area contributed by atoms with Gasteiger partial charge in [0.25, 0.3) is 0 Å². The van der Waals surface area contributed by atoms with Gasteiger partial charge in [0.2, 0.25) is 0 Å². The molecule has 0 fully saturated rings. The molecule has 0 aliphatic carbocycles. The Morgan fingerprint density at radius 3 is 2.38 bits per heavy atom. The van der Waals surface area contributed by atoms with Gasteiger partial charge in [-0.2, -0.15) is 0 Å². The Morgan fingerprint density at radius 1 is 0.875 bits per heavy atom. The van der Waals surface area contributed by atoms with E-state index in [9.17, 15) is 4.79 Å². The van der Waals surface area contributed by atoms with Crippen LogP contribution in [0.2, 0.25) is 0 Å². The Balaban J connectivity index is 1.49. The van der Waals surface area contributed by atoms with Crippen molar-refractivity contribution in [3.63, 3.8) is 0 Å². The Labute approximate surface area is 140 Å². The second-order valence-electron chi connectivity index (χ2n) is 5.18. The lowest BCUT2D eigenvalue weighted by molar-refractivity contribution is 0.139. The lowest BCUT2D eigenvalue weighted by Crippen LogP contribution is -2.23. The number of alkyl carbamates (subject to hydrolysis) is 1. The van der Waals surface area contributed by atoms with E-state index in [1.165, 1.54) is 0 Å². The van der Waals surface area contributed by atoms with Gasteiger partial charge in [-0.15, -0.1) is 0 Å². The summed E-state index contributed by atoms with van der Waals surface area (Å²) in [5.74, 6) is 0. The fourth-order valence-corrected chi connectivity index (χ4v) is 2.14. The Hall–Kier alpha value is -3.21. The monoisotopic (exact) mass is 319 g/mol. The van der Waals surface area contributed by atoms with Crippen LogP contribution in [0.5, 0.6) is 0 Å². The summed E-state index contributed by atoms with van der Waals surface area (Å²) in [4.78, 5) is 20.3. The van der Waals surface area contributed by atoms with Gasteiger partial charge in [0.15, 0.2) is 0 Å². The predicted molar refractivity (Wildman–Crippen MR) is 90.9 cm³/mol. The van der Waals surface area contributed by atoms with Gasteiger partial charge in [0, 0.05) is 18.9 Å². The van der Waals surface area contributed by atoms with E-state index in [4.69, 9.17) is 4.74 Å². The molecule has 0 aliphatic heterocycles. The molecule has 0 unspecified atom stereocenters. The van der Waals surface area contributed by atoms with Gasteiger partial charge in [-0.1, -0.05) is 42.5 Å². The van der Waals surface area contributed by atoms with Gasteiger partial charge in [-0.05, 0) is 29.3 Å². The van der Waals surface area contributed by atoms with Crippen molar-refractivity contribution in [1.82, 2.24) is 15.3 Å². The van der Waals surface area contributed by atoms with E-state index in [0.29, 0.717) is 6.54 Å². The van der Waals surface area contributed by atoms with Crippen molar-refractivity contribution in [1.29, 1.82) is 0 Å². The van der Waals surface area contributed by atoms with Crippen LogP contribution < -0.4 is 5.32 Å². The molecule has 1 amide bonds. The van der Waals surface area contributed by atoms with Gasteiger partial charge in [0.05, 0.1) is 11.4 Å². The first-order valence-corrected chi connectivity index (χ1v) is 7.62. The molecular weight excluding hydrogens is 302 g/mol. The second kappa shape index (κ2) is 7.87. The van der Waals surface area contributed by atoms with Crippen LogP contribution in [0.1, 0.15) is 11.1 Å². The number of nitrogens with zero attached hydrogens (tertiary/aromatic N) is 2. The van der Waals surface area contributed by atoms with Crippen LogP contribution in [-0.2, 0) is 17.9 Å². The maximum Gasteiger partial charge on any atom is 0.407 e. The number of nitrogens with one attached hydrogen (secondary N) is 1. The van der Waals surface area contributed by atoms with Crippen LogP contribution in [0.15, 0.2) is 73.1 Å². The maximum atomic E-state index is 11.7. The SMILES string of the molecule is O=C(NCc1ccc(-c2ccccn2)nc1)OCc1ccccc1. The smallest absolute Gasteiger partial charge is 0.407 e. The summed E-state index contributed by atoms with van der Waals surface area (Å²) < 4.78 is 5.16. The average molecular weight is 319 g/mol. The quantitative estimate of drug-likeness (QED) is 0.781. The molecule has 0 radical (unpaired) electrons. The first kappa shape index (κ1) is 15.7. The summed E-state index contributed by atoms with van der Waals surface area (Å²) in [6.45, 7) is 0.618. The van der Waals surface area contributed by atoms with E-state index in [1.54, 1.807) is 12.4 Å². The number of benzene rings is 1. The summed E-state index contributed by atoms with van der Waals surface area (Å²) in [5, 5.41) is 2.71. The molecule has 24 heavy (non-hydrogen) atoms. The second-order valence-corrected chi connectivity index (χ2v) is 5.18. The highest BCUT2D eigenvalue weighted by Crippen LogP contribution is 2.13. The van der Waals surface area contributed by atoms with E-state index in [1.807, 2.05) is 60.7 Å². The summed E-state index contributed by atoms with van der Waals surface area (Å²) in [5.41, 5.74) is 3.46. The molecule has 1 aromatic carbocycles. The third-order valence-corrected chi connectivity index (χ3v) is 3.40. The topological polar surface area (TPSA) is 64.1 Å². The minimum absolute atomic E-state index is 0.254. The van der Waals surface area contributed by atoms with Crippen molar-refractivity contribution >= 4 is 6.09 Å². The number of carbonyl (C=O) groups excluding carboxylic acids is 1. The van der Waals surface area contributed by atoms with Crippen LogP contribution >= 0.6 is 0 Å². The lowest BCUT2D eigenvalue weighted by Gasteiger charge is -2.07. The fraction of sp³-hybridized carbons (Fsp3) is 0.105. The average Bonchev–Trinajstić information content (AvgIpc) is 2.67. The Kier molecular flexibility index (Phi) is 5.14. The van der Waals surface area contributed by atoms with Crippen molar-refractivity contribution in [2.75, 3.05) is 0 Å². The standard InChI is InChI=1S/C19H17N3O2/c23-19(24-14-15-6-2-1-3-7-15)22-13-16-9-10-18(21-12-16)17-8-4-5-11-20-17/h1-12H,13-14H2,(H,22,23). The number of pyridine rings is 2. The van der Waals surface area contributed by atoms with Gasteiger partial charge in [-0.25, -0.2) is 4.79 Å². The summed E-state index contributed by atoms with van der Waals surface area (Å²) in [7, 11) is 0. The normalized spacial score (nSPS) is 10.2. The summed E-state index contributed by atoms with van der Waals surface area (Å²) >= 11 is 0. The highest BCUT2D eigenvalue weighted by molar-refractivity contribution is 5.67. The van der Waals surface area contributed by atoms with Crippen molar-refractivity contribution in [2.45, 2.75) is 13.2 Å². The molecule has 0 saturated heterocycles. The molecule has 5 heteroatoms. The molecule has 3 rings (SSSR count). The molecule has 0 atom stereocenters. The molecule has 120 valence electrons. The van der Waals surface area contributed by atoms with Gasteiger partial charge in [-0.3, -0.25) is 9.97 Å². The van der Waals surface area contributed by atoms with Crippen molar-refractivity contribution in [3.8, 4) is 11.4 Å². The predicted octanol–water partition coefficient (Wildman–Crippen LogP) is 3.57. The highest BCUT2D eigenvalue weighted by atomic mass is 16.5. The third-order valence-electron chi connectivity index (χ3n) is 3.40. The fourth-order valence-electron chi connectivity index (χ4n) is 2.14. The van der Waals surface area contributed by atoms with Crippen molar-refractivity contribution < 1.29 is 9.53 Å². The number of hydrogen-bond donors (Lipinski definition) is 1. The van der Waals surface area contributed by atoms with E-state index in [0.717, 1.165) is 22.5 Å². The first-order valence-electron chi connectivity index (χ1n) is 7.62. The molecule has 2 aromatic heterocycles.